The maximum Gasteiger partial charge on any atom is 0.408 e. The van der Waals surface area contributed by atoms with Crippen LogP contribution in [0.5, 0.6) is 0 Å². The van der Waals surface area contributed by atoms with Gasteiger partial charge in [-0.15, -0.1) is 11.3 Å². The molecule has 7 heteroatoms. The smallest absolute Gasteiger partial charge is 0.408 e. The fourth-order valence-electron chi connectivity index (χ4n) is 4.65. The van der Waals surface area contributed by atoms with Gasteiger partial charge >= 0.3 is 6.09 Å². The van der Waals surface area contributed by atoms with Gasteiger partial charge in [-0.2, -0.15) is 0 Å². The maximum atomic E-state index is 12.3. The largest absolute Gasteiger partial charge is 0.441 e. The molecule has 35 heavy (non-hydrogen) atoms. The minimum absolute atomic E-state index is 0.0156. The average Bonchev–Trinajstić information content (AvgIpc) is 3.45. The first-order valence-corrected chi connectivity index (χ1v) is 13.4. The van der Waals surface area contributed by atoms with Gasteiger partial charge in [0, 0.05) is 17.0 Å². The topological polar surface area (TPSA) is 80.3 Å². The van der Waals surface area contributed by atoms with Crippen molar-refractivity contribution in [3.05, 3.63) is 70.2 Å². The zero-order chi connectivity index (χ0) is 24.8. The molecule has 2 N–H and O–H groups in total. The van der Waals surface area contributed by atoms with Crippen LogP contribution in [0, 0.1) is 5.92 Å². The van der Waals surface area contributed by atoms with E-state index in [2.05, 4.69) is 40.8 Å². The number of ether oxygens (including phenoxy) is 1. The van der Waals surface area contributed by atoms with Gasteiger partial charge in [0.15, 0.2) is 0 Å². The van der Waals surface area contributed by atoms with Crippen LogP contribution in [0.25, 0.3) is 5.57 Å². The van der Waals surface area contributed by atoms with Crippen molar-refractivity contribution in [1.29, 1.82) is 0 Å². The number of aromatic nitrogens is 1. The summed E-state index contributed by atoms with van der Waals surface area (Å²) in [4.78, 5) is 27.9. The Morgan fingerprint density at radius 3 is 2.54 bits per heavy atom. The number of hydrogen-bond acceptors (Lipinski definition) is 5. The predicted molar refractivity (Wildman–Crippen MR) is 140 cm³/mol. The molecule has 1 saturated carbocycles. The van der Waals surface area contributed by atoms with Crippen molar-refractivity contribution in [1.82, 2.24) is 15.6 Å². The van der Waals surface area contributed by atoms with Gasteiger partial charge in [0.1, 0.15) is 16.3 Å². The van der Waals surface area contributed by atoms with Crippen molar-refractivity contribution >= 4 is 28.9 Å². The Bertz CT molecular complexity index is 1080. The summed E-state index contributed by atoms with van der Waals surface area (Å²) < 4.78 is 5.17. The standard InChI is InChI=1S/C17H22N2OS.C11H13NO2/c1-12-7-9-13(10-8-12)17-19-15(11-21-17)16(20)18-14-5-3-2-4-6-14;1-11(2)9(12-10(13)14-11)8-6-4-3-5-7-8/h7,9-12,14H,2-6,8H2,1H3,(H,18,20);3-7,9H,1-2H3,(H,12,13)/t;9-/m.0/s1. The molecule has 1 unspecified atom stereocenters. The van der Waals surface area contributed by atoms with Gasteiger partial charge in [-0.05, 0) is 44.6 Å². The summed E-state index contributed by atoms with van der Waals surface area (Å²) in [5, 5.41) is 8.75. The van der Waals surface area contributed by atoms with Gasteiger partial charge in [0.25, 0.3) is 5.91 Å². The number of allylic oxidation sites excluding steroid dienone is 4. The minimum atomic E-state index is -0.474. The van der Waals surface area contributed by atoms with Gasteiger partial charge in [-0.3, -0.25) is 4.79 Å². The lowest BCUT2D eigenvalue weighted by Crippen LogP contribution is -2.36. The van der Waals surface area contributed by atoms with E-state index in [1.807, 2.05) is 49.6 Å². The molecule has 3 aliphatic rings. The number of rotatable bonds is 4. The lowest BCUT2D eigenvalue weighted by molar-refractivity contribution is 0.0684. The van der Waals surface area contributed by atoms with E-state index in [9.17, 15) is 9.59 Å². The van der Waals surface area contributed by atoms with Crippen molar-refractivity contribution in [3.63, 3.8) is 0 Å². The monoisotopic (exact) mass is 493 g/mol. The molecular weight excluding hydrogens is 458 g/mol. The summed E-state index contributed by atoms with van der Waals surface area (Å²) in [7, 11) is 0. The fourth-order valence-corrected chi connectivity index (χ4v) is 5.47. The number of carbonyl (C=O) groups excluding carboxylic acids is 2. The zero-order valence-electron chi connectivity index (χ0n) is 20.8. The summed E-state index contributed by atoms with van der Waals surface area (Å²) in [6.45, 7) is 6.01. The molecule has 2 aromatic rings. The molecule has 2 heterocycles. The lowest BCUT2D eigenvalue weighted by atomic mass is 9.93. The van der Waals surface area contributed by atoms with Crippen molar-refractivity contribution in [2.45, 2.75) is 77.0 Å². The number of benzene rings is 1. The molecular formula is C28H35N3O3S. The molecule has 6 nitrogen and oxygen atoms in total. The lowest BCUT2D eigenvalue weighted by Gasteiger charge is -2.23. The first-order chi connectivity index (χ1) is 16.8. The molecule has 2 atom stereocenters. The van der Waals surface area contributed by atoms with E-state index in [1.165, 1.54) is 19.3 Å². The van der Waals surface area contributed by atoms with Crippen molar-refractivity contribution in [2.24, 2.45) is 5.92 Å². The van der Waals surface area contributed by atoms with Gasteiger partial charge < -0.3 is 15.4 Å². The zero-order valence-corrected chi connectivity index (χ0v) is 21.6. The molecule has 2 fully saturated rings. The van der Waals surface area contributed by atoms with Gasteiger partial charge in [0.2, 0.25) is 0 Å². The second-order valence-electron chi connectivity index (χ2n) is 10.1. The van der Waals surface area contributed by atoms with E-state index in [4.69, 9.17) is 4.74 Å². The number of cyclic esters (lactones) is 1. The van der Waals surface area contributed by atoms with Gasteiger partial charge in [-0.25, -0.2) is 9.78 Å². The van der Waals surface area contributed by atoms with Crippen LogP contribution >= 0.6 is 11.3 Å². The molecule has 186 valence electrons. The van der Waals surface area contributed by atoms with E-state index in [-0.39, 0.29) is 18.0 Å². The molecule has 0 bridgehead atoms. The summed E-state index contributed by atoms with van der Waals surface area (Å²) in [6, 6.07) is 10.1. The van der Waals surface area contributed by atoms with E-state index < -0.39 is 5.60 Å². The van der Waals surface area contributed by atoms with Crippen LogP contribution in [0.1, 0.15) is 86.4 Å². The SMILES string of the molecule is CC1(C)OC(=O)N[C@H]1c1ccccc1.CC1C=CC(c2nc(C(=O)NC3CCCCC3)cs2)=CC1. The minimum Gasteiger partial charge on any atom is -0.441 e. The molecule has 2 amide bonds. The van der Waals surface area contributed by atoms with E-state index >= 15 is 0 Å². The van der Waals surface area contributed by atoms with Crippen molar-refractivity contribution < 1.29 is 14.3 Å². The summed E-state index contributed by atoms with van der Waals surface area (Å²) in [5.41, 5.74) is 2.31. The third-order valence-corrected chi connectivity index (χ3v) is 7.58. The number of amides is 2. The van der Waals surface area contributed by atoms with Crippen LogP contribution < -0.4 is 10.6 Å². The Kier molecular flexibility index (Phi) is 8.06. The molecule has 5 rings (SSSR count). The maximum absolute atomic E-state index is 12.3. The van der Waals surface area contributed by atoms with E-state index in [1.54, 1.807) is 11.3 Å². The normalized spacial score (nSPS) is 23.4. The number of hydrogen-bond donors (Lipinski definition) is 2. The number of thiazole rings is 1. The quantitative estimate of drug-likeness (QED) is 0.514. The number of nitrogens with one attached hydrogen (secondary N) is 2. The number of carbonyl (C=O) groups is 2. The predicted octanol–water partition coefficient (Wildman–Crippen LogP) is 6.43. The second kappa shape index (κ2) is 11.2. The highest BCUT2D eigenvalue weighted by atomic mass is 32.1. The molecule has 0 spiro atoms. The summed E-state index contributed by atoms with van der Waals surface area (Å²) in [5.74, 6) is 0.584. The van der Waals surface area contributed by atoms with Crippen LogP contribution in [0.2, 0.25) is 0 Å². The van der Waals surface area contributed by atoms with Crippen LogP contribution in [0.4, 0.5) is 4.79 Å². The number of nitrogens with zero attached hydrogens (tertiary/aromatic N) is 1. The van der Waals surface area contributed by atoms with Gasteiger partial charge in [0.05, 0.1) is 6.04 Å². The Morgan fingerprint density at radius 1 is 1.17 bits per heavy atom. The molecule has 1 aromatic carbocycles. The first-order valence-electron chi connectivity index (χ1n) is 12.5. The first kappa shape index (κ1) is 25.2. The van der Waals surface area contributed by atoms with Crippen LogP contribution in [-0.4, -0.2) is 28.6 Å². The molecule has 1 saturated heterocycles. The van der Waals surface area contributed by atoms with Crippen molar-refractivity contribution in [3.8, 4) is 0 Å². The second-order valence-corrected chi connectivity index (χ2v) is 10.9. The van der Waals surface area contributed by atoms with Crippen molar-refractivity contribution in [2.75, 3.05) is 0 Å². The fraction of sp³-hybridized carbons (Fsp3) is 0.464. The Labute approximate surface area is 211 Å². The molecule has 1 aromatic heterocycles. The molecule has 0 radical (unpaired) electrons. The summed E-state index contributed by atoms with van der Waals surface area (Å²) in [6.07, 6.45) is 13.2. The average molecular weight is 494 g/mol. The van der Waals surface area contributed by atoms with Crippen LogP contribution in [0.3, 0.4) is 0 Å². The Balaban J connectivity index is 0.000000179. The molecule has 2 aliphatic carbocycles. The Hall–Kier alpha value is -2.93. The number of alkyl carbamates (subject to hydrolysis) is 1. The highest BCUT2D eigenvalue weighted by Gasteiger charge is 2.41. The third kappa shape index (κ3) is 6.60. The highest BCUT2D eigenvalue weighted by Crippen LogP contribution is 2.33. The molecule has 1 aliphatic heterocycles. The van der Waals surface area contributed by atoms with Gasteiger partial charge in [-0.1, -0.05) is 74.7 Å². The van der Waals surface area contributed by atoms with E-state index in [0.717, 1.165) is 35.4 Å². The van der Waals surface area contributed by atoms with E-state index in [0.29, 0.717) is 17.7 Å². The van der Waals surface area contributed by atoms with Crippen LogP contribution in [0.15, 0.2) is 53.9 Å². The summed E-state index contributed by atoms with van der Waals surface area (Å²) >= 11 is 1.56. The van der Waals surface area contributed by atoms with Crippen LogP contribution in [-0.2, 0) is 4.74 Å². The third-order valence-electron chi connectivity index (χ3n) is 6.68. The Morgan fingerprint density at radius 2 is 1.91 bits per heavy atom. The highest BCUT2D eigenvalue weighted by molar-refractivity contribution is 7.11.